The van der Waals surface area contributed by atoms with Gasteiger partial charge < -0.3 is 0 Å². The number of aromatic nitrogens is 1. The summed E-state index contributed by atoms with van der Waals surface area (Å²) < 4.78 is 1.01. The van der Waals surface area contributed by atoms with Crippen molar-refractivity contribution in [1.29, 1.82) is 0 Å². The highest BCUT2D eigenvalue weighted by Gasteiger charge is 2.06. The fourth-order valence-electron chi connectivity index (χ4n) is 1.22. The number of hydrogen-bond acceptors (Lipinski definition) is 4. The molecule has 0 radical (unpaired) electrons. The number of halogens is 1. The van der Waals surface area contributed by atoms with Gasteiger partial charge in [-0.3, -0.25) is 16.3 Å². The smallest absolute Gasteiger partial charge is 0.0410 e. The van der Waals surface area contributed by atoms with E-state index in [1.165, 1.54) is 5.56 Å². The van der Waals surface area contributed by atoms with Gasteiger partial charge in [0, 0.05) is 28.7 Å². The molecule has 0 bridgehead atoms. The van der Waals surface area contributed by atoms with Gasteiger partial charge >= 0.3 is 0 Å². The average Bonchev–Trinajstić information content (AvgIpc) is 2.17. The van der Waals surface area contributed by atoms with E-state index in [0.29, 0.717) is 6.04 Å². The zero-order valence-corrected chi connectivity index (χ0v) is 10.4. The lowest BCUT2D eigenvalue weighted by molar-refractivity contribution is 0.575. The van der Waals surface area contributed by atoms with Gasteiger partial charge in [-0.1, -0.05) is 0 Å². The van der Waals surface area contributed by atoms with Crippen molar-refractivity contribution in [2.45, 2.75) is 12.5 Å². The molecule has 5 heteroatoms. The number of hydrazine groups is 1. The van der Waals surface area contributed by atoms with E-state index in [-0.39, 0.29) is 0 Å². The number of hydrogen-bond donors (Lipinski definition) is 2. The van der Waals surface area contributed by atoms with Gasteiger partial charge in [0.2, 0.25) is 0 Å². The largest absolute Gasteiger partial charge is 0.271 e. The number of rotatable bonds is 5. The topological polar surface area (TPSA) is 50.9 Å². The van der Waals surface area contributed by atoms with Crippen LogP contribution in [-0.2, 0) is 6.42 Å². The van der Waals surface area contributed by atoms with Crippen molar-refractivity contribution < 1.29 is 0 Å². The van der Waals surface area contributed by atoms with E-state index in [9.17, 15) is 0 Å². The maximum Gasteiger partial charge on any atom is 0.0410 e. The molecule has 3 nitrogen and oxygen atoms in total. The molecule has 1 rings (SSSR count). The molecule has 0 spiro atoms. The minimum atomic E-state index is 0.307. The Kier molecular flexibility index (Phi) is 5.47. The average molecular weight is 276 g/mol. The van der Waals surface area contributed by atoms with E-state index in [1.54, 1.807) is 18.0 Å². The molecule has 1 unspecified atom stereocenters. The van der Waals surface area contributed by atoms with E-state index in [2.05, 4.69) is 38.7 Å². The summed E-state index contributed by atoms with van der Waals surface area (Å²) in [4.78, 5) is 4.11. The van der Waals surface area contributed by atoms with Crippen LogP contribution in [0.4, 0.5) is 0 Å². The highest BCUT2D eigenvalue weighted by Crippen LogP contribution is 2.12. The lowest BCUT2D eigenvalue weighted by atomic mass is 10.1. The maximum absolute atomic E-state index is 5.45. The van der Waals surface area contributed by atoms with Crippen LogP contribution in [0.15, 0.2) is 22.9 Å². The van der Waals surface area contributed by atoms with Gasteiger partial charge in [-0.25, -0.2) is 0 Å². The van der Waals surface area contributed by atoms with E-state index >= 15 is 0 Å². The Balaban J connectivity index is 2.57. The van der Waals surface area contributed by atoms with E-state index in [1.807, 2.05) is 6.20 Å². The second kappa shape index (κ2) is 6.40. The highest BCUT2D eigenvalue weighted by atomic mass is 79.9. The summed E-state index contributed by atoms with van der Waals surface area (Å²) in [6, 6.07) is 2.37. The van der Waals surface area contributed by atoms with Gasteiger partial charge in [-0.15, -0.1) is 0 Å². The first-order valence-electron chi connectivity index (χ1n) is 4.30. The third-order valence-electron chi connectivity index (χ3n) is 1.85. The van der Waals surface area contributed by atoms with Crippen molar-refractivity contribution in [3.8, 4) is 0 Å². The first kappa shape index (κ1) is 12.0. The summed E-state index contributed by atoms with van der Waals surface area (Å²) in [7, 11) is 0. The molecule has 1 atom stereocenters. The molecule has 0 aromatic carbocycles. The van der Waals surface area contributed by atoms with Crippen molar-refractivity contribution in [2.24, 2.45) is 5.84 Å². The molecule has 14 heavy (non-hydrogen) atoms. The van der Waals surface area contributed by atoms with Crippen LogP contribution in [0, 0.1) is 0 Å². The molecule has 1 heterocycles. The summed E-state index contributed by atoms with van der Waals surface area (Å²) >= 11 is 5.18. The monoisotopic (exact) mass is 275 g/mol. The van der Waals surface area contributed by atoms with Gasteiger partial charge in [-0.2, -0.15) is 11.8 Å². The number of thioether (sulfide) groups is 1. The fourth-order valence-corrected chi connectivity index (χ4v) is 2.25. The van der Waals surface area contributed by atoms with Crippen molar-refractivity contribution in [1.82, 2.24) is 10.4 Å². The minimum Gasteiger partial charge on any atom is -0.271 e. The quantitative estimate of drug-likeness (QED) is 0.633. The molecule has 78 valence electrons. The molecule has 0 aliphatic heterocycles. The Bertz CT molecular complexity index is 283. The normalized spacial score (nSPS) is 12.8. The molecule has 0 aliphatic rings. The predicted molar refractivity (Wildman–Crippen MR) is 65.1 cm³/mol. The van der Waals surface area contributed by atoms with Gasteiger partial charge in [-0.05, 0) is 40.2 Å². The zero-order chi connectivity index (χ0) is 10.4. The Labute approximate surface area is 97.0 Å². The molecule has 0 fully saturated rings. The molecule has 0 aliphatic carbocycles. The lowest BCUT2D eigenvalue weighted by Crippen LogP contribution is -2.38. The Morgan fingerprint density at radius 2 is 2.43 bits per heavy atom. The molecule has 1 aromatic rings. The van der Waals surface area contributed by atoms with Crippen LogP contribution in [0.2, 0.25) is 0 Å². The fraction of sp³-hybridized carbons (Fsp3) is 0.444. The van der Waals surface area contributed by atoms with Crippen LogP contribution < -0.4 is 11.3 Å². The summed E-state index contributed by atoms with van der Waals surface area (Å²) in [6.45, 7) is 0. The van der Waals surface area contributed by atoms with Crippen LogP contribution in [0.1, 0.15) is 5.56 Å². The number of nitrogens with one attached hydrogen (secondary N) is 1. The van der Waals surface area contributed by atoms with Crippen molar-refractivity contribution >= 4 is 27.7 Å². The highest BCUT2D eigenvalue weighted by molar-refractivity contribution is 9.10. The Morgan fingerprint density at radius 3 is 3.00 bits per heavy atom. The predicted octanol–water partition coefficient (Wildman–Crippen LogP) is 1.58. The first-order valence-corrected chi connectivity index (χ1v) is 6.49. The standard InChI is InChI=1S/C9H14BrN3S/c1-14-6-9(13-11)3-7-2-8(10)5-12-4-7/h2,4-5,9,13H,3,6,11H2,1H3. The van der Waals surface area contributed by atoms with Crippen LogP contribution in [-0.4, -0.2) is 23.0 Å². The van der Waals surface area contributed by atoms with Gasteiger partial charge in [0.25, 0.3) is 0 Å². The SMILES string of the molecule is CSCC(Cc1cncc(Br)c1)NN. The van der Waals surface area contributed by atoms with E-state index in [0.717, 1.165) is 16.6 Å². The van der Waals surface area contributed by atoms with Gasteiger partial charge in [0.1, 0.15) is 0 Å². The molecule has 0 saturated carbocycles. The minimum absolute atomic E-state index is 0.307. The number of pyridine rings is 1. The van der Waals surface area contributed by atoms with Crippen LogP contribution >= 0.6 is 27.7 Å². The van der Waals surface area contributed by atoms with Crippen molar-refractivity contribution in [2.75, 3.05) is 12.0 Å². The third-order valence-corrected chi connectivity index (χ3v) is 3.02. The molecular weight excluding hydrogens is 262 g/mol. The molecule has 1 aromatic heterocycles. The van der Waals surface area contributed by atoms with E-state index in [4.69, 9.17) is 5.84 Å². The Morgan fingerprint density at radius 1 is 1.64 bits per heavy atom. The summed E-state index contributed by atoms with van der Waals surface area (Å²) in [5, 5.41) is 0. The second-order valence-electron chi connectivity index (χ2n) is 3.03. The summed E-state index contributed by atoms with van der Waals surface area (Å²) in [5.74, 6) is 6.45. The molecule has 0 amide bonds. The molecule has 3 N–H and O–H groups in total. The third kappa shape index (κ3) is 3.96. The Hall–Kier alpha value is -0.100. The van der Waals surface area contributed by atoms with Crippen LogP contribution in [0.5, 0.6) is 0 Å². The number of nitrogens with zero attached hydrogens (tertiary/aromatic N) is 1. The molecule has 0 saturated heterocycles. The second-order valence-corrected chi connectivity index (χ2v) is 4.86. The zero-order valence-electron chi connectivity index (χ0n) is 8.03. The van der Waals surface area contributed by atoms with Crippen LogP contribution in [0.25, 0.3) is 0 Å². The van der Waals surface area contributed by atoms with E-state index < -0.39 is 0 Å². The van der Waals surface area contributed by atoms with Gasteiger partial charge in [0.15, 0.2) is 0 Å². The summed E-state index contributed by atoms with van der Waals surface area (Å²) in [5.41, 5.74) is 4.00. The van der Waals surface area contributed by atoms with Crippen LogP contribution in [0.3, 0.4) is 0 Å². The van der Waals surface area contributed by atoms with Crippen molar-refractivity contribution in [3.05, 3.63) is 28.5 Å². The maximum atomic E-state index is 5.45. The first-order chi connectivity index (χ1) is 6.76. The lowest BCUT2D eigenvalue weighted by Gasteiger charge is -2.14. The molecular formula is C9H14BrN3S. The van der Waals surface area contributed by atoms with Crippen molar-refractivity contribution in [3.63, 3.8) is 0 Å². The van der Waals surface area contributed by atoms with Gasteiger partial charge in [0.05, 0.1) is 0 Å². The summed E-state index contributed by atoms with van der Waals surface area (Å²) in [6.07, 6.45) is 6.63. The number of nitrogens with two attached hydrogens (primary N) is 1.